The molecule has 2 aromatic heterocycles. The van der Waals surface area contributed by atoms with Crippen molar-refractivity contribution < 1.29 is 4.92 Å². The Morgan fingerprint density at radius 2 is 2.05 bits per heavy atom. The molecule has 0 bridgehead atoms. The van der Waals surface area contributed by atoms with Crippen LogP contribution in [0.5, 0.6) is 0 Å². The van der Waals surface area contributed by atoms with Gasteiger partial charge in [0.2, 0.25) is 0 Å². The molecular weight excluding hydrogens is 290 g/mol. The molecule has 0 spiro atoms. The van der Waals surface area contributed by atoms with Crippen LogP contribution in [0.15, 0.2) is 41.5 Å². The Balaban J connectivity index is 1.96. The number of nitro benzene ring substituents is 1. The van der Waals surface area contributed by atoms with Gasteiger partial charge in [-0.2, -0.15) is 0 Å². The van der Waals surface area contributed by atoms with E-state index < -0.39 is 4.92 Å². The van der Waals surface area contributed by atoms with E-state index in [1.807, 2.05) is 13.0 Å². The van der Waals surface area contributed by atoms with E-state index in [1.165, 1.54) is 34.4 Å². The van der Waals surface area contributed by atoms with E-state index in [1.54, 1.807) is 12.1 Å². The summed E-state index contributed by atoms with van der Waals surface area (Å²) in [7, 11) is 0. The minimum absolute atomic E-state index is 0.0353. The summed E-state index contributed by atoms with van der Waals surface area (Å²) in [6.45, 7) is 2.28. The van der Waals surface area contributed by atoms with Gasteiger partial charge >= 0.3 is 0 Å². The van der Waals surface area contributed by atoms with Gasteiger partial charge in [0.05, 0.1) is 23.2 Å². The maximum Gasteiger partial charge on any atom is 0.269 e. The third-order valence-electron chi connectivity index (χ3n) is 3.14. The number of nitrogens with zero attached hydrogens (tertiary/aromatic N) is 3. The number of aromatic nitrogens is 2. The number of rotatable bonds is 3. The molecule has 0 aliphatic rings. The summed E-state index contributed by atoms with van der Waals surface area (Å²) in [5, 5.41) is 11.2. The molecule has 0 aliphatic heterocycles. The average molecular weight is 301 g/mol. The third-order valence-corrected chi connectivity index (χ3v) is 4.10. The normalized spacial score (nSPS) is 10.9. The van der Waals surface area contributed by atoms with Crippen molar-refractivity contribution in [1.29, 1.82) is 0 Å². The van der Waals surface area contributed by atoms with E-state index in [-0.39, 0.29) is 11.2 Å². The van der Waals surface area contributed by atoms with E-state index >= 15 is 0 Å². The number of non-ortho nitro benzene ring substituents is 1. The first-order valence-electron chi connectivity index (χ1n) is 6.23. The van der Waals surface area contributed by atoms with Gasteiger partial charge in [0.25, 0.3) is 11.2 Å². The van der Waals surface area contributed by atoms with Crippen LogP contribution in [0, 0.1) is 17.0 Å². The Morgan fingerprint density at radius 1 is 1.33 bits per heavy atom. The molecule has 1 aromatic carbocycles. The molecule has 21 heavy (non-hydrogen) atoms. The molecular formula is C14H11N3O3S. The topological polar surface area (TPSA) is 78.0 Å². The second-order valence-corrected chi connectivity index (χ2v) is 5.91. The van der Waals surface area contributed by atoms with Crippen molar-refractivity contribution in [2.24, 2.45) is 0 Å². The van der Waals surface area contributed by atoms with Crippen LogP contribution in [-0.2, 0) is 6.54 Å². The zero-order chi connectivity index (χ0) is 15.0. The number of fused-ring (bicyclic) bond motifs is 1. The predicted octanol–water partition coefficient (Wildman–Crippen LogP) is 2.72. The van der Waals surface area contributed by atoms with Crippen LogP contribution in [0.2, 0.25) is 0 Å². The first kappa shape index (κ1) is 13.4. The lowest BCUT2D eigenvalue weighted by atomic mass is 10.2. The fourth-order valence-electron chi connectivity index (χ4n) is 2.11. The van der Waals surface area contributed by atoms with Crippen molar-refractivity contribution >= 4 is 27.2 Å². The largest absolute Gasteiger partial charge is 0.294 e. The number of nitro groups is 1. The zero-order valence-corrected chi connectivity index (χ0v) is 12.0. The molecule has 0 aliphatic carbocycles. The van der Waals surface area contributed by atoms with Crippen LogP contribution in [-0.4, -0.2) is 14.5 Å². The number of aryl methyl sites for hydroxylation is 1. The van der Waals surface area contributed by atoms with Crippen molar-refractivity contribution in [3.8, 4) is 0 Å². The SMILES string of the molecule is Cc1cc2c(=O)n(Cc3ccc([N+](=O)[O-])cc3)cnc2s1. The summed E-state index contributed by atoms with van der Waals surface area (Å²) in [5.41, 5.74) is 0.756. The Kier molecular flexibility index (Phi) is 3.26. The highest BCUT2D eigenvalue weighted by Crippen LogP contribution is 2.19. The van der Waals surface area contributed by atoms with Crippen LogP contribution >= 0.6 is 11.3 Å². The van der Waals surface area contributed by atoms with Crippen molar-refractivity contribution in [2.75, 3.05) is 0 Å². The van der Waals surface area contributed by atoms with Crippen molar-refractivity contribution in [1.82, 2.24) is 9.55 Å². The minimum Gasteiger partial charge on any atom is -0.294 e. The summed E-state index contributed by atoms with van der Waals surface area (Å²) in [4.78, 5) is 28.6. The van der Waals surface area contributed by atoms with Gasteiger partial charge in [0.15, 0.2) is 0 Å². The number of benzene rings is 1. The highest BCUT2D eigenvalue weighted by Gasteiger charge is 2.09. The number of thiophene rings is 1. The summed E-state index contributed by atoms with van der Waals surface area (Å²) < 4.78 is 1.51. The number of hydrogen-bond acceptors (Lipinski definition) is 5. The molecule has 0 saturated carbocycles. The molecule has 106 valence electrons. The molecule has 0 atom stereocenters. The van der Waals surface area contributed by atoms with Gasteiger partial charge < -0.3 is 0 Å². The minimum atomic E-state index is -0.447. The summed E-state index contributed by atoms with van der Waals surface area (Å²) in [6.07, 6.45) is 1.52. The highest BCUT2D eigenvalue weighted by atomic mass is 32.1. The maximum absolute atomic E-state index is 12.3. The first-order chi connectivity index (χ1) is 10.0. The van der Waals surface area contributed by atoms with Crippen LogP contribution in [0.1, 0.15) is 10.4 Å². The molecule has 0 unspecified atom stereocenters. The second kappa shape index (κ2) is 5.10. The van der Waals surface area contributed by atoms with Crippen LogP contribution in [0.4, 0.5) is 5.69 Å². The molecule has 0 saturated heterocycles. The number of hydrogen-bond donors (Lipinski definition) is 0. The fourth-order valence-corrected chi connectivity index (χ4v) is 2.95. The lowest BCUT2D eigenvalue weighted by Gasteiger charge is -2.05. The summed E-state index contributed by atoms with van der Waals surface area (Å²) in [5.74, 6) is 0. The third kappa shape index (κ3) is 2.55. The maximum atomic E-state index is 12.3. The van der Waals surface area contributed by atoms with Crippen LogP contribution in [0.3, 0.4) is 0 Å². The molecule has 7 heteroatoms. The Bertz CT molecular complexity index is 881. The predicted molar refractivity (Wildman–Crippen MR) is 80.8 cm³/mol. The molecule has 3 rings (SSSR count). The first-order valence-corrected chi connectivity index (χ1v) is 7.05. The standard InChI is InChI=1S/C14H11N3O3S/c1-9-6-12-13(21-9)15-8-16(14(12)18)7-10-2-4-11(5-3-10)17(19)20/h2-6,8H,7H2,1H3. The van der Waals surface area contributed by atoms with Crippen LogP contribution in [0.25, 0.3) is 10.2 Å². The van der Waals surface area contributed by atoms with Gasteiger partial charge in [-0.1, -0.05) is 12.1 Å². The Morgan fingerprint density at radius 3 is 2.71 bits per heavy atom. The van der Waals surface area contributed by atoms with E-state index in [4.69, 9.17) is 0 Å². The molecule has 0 fully saturated rings. The van der Waals surface area contributed by atoms with E-state index in [2.05, 4.69) is 4.98 Å². The van der Waals surface area contributed by atoms with Gasteiger partial charge in [-0.05, 0) is 18.6 Å². The van der Waals surface area contributed by atoms with Gasteiger partial charge in [-0.15, -0.1) is 11.3 Å². The van der Waals surface area contributed by atoms with E-state index in [0.717, 1.165) is 15.3 Å². The lowest BCUT2D eigenvalue weighted by molar-refractivity contribution is -0.384. The summed E-state index contributed by atoms with van der Waals surface area (Å²) in [6, 6.07) is 7.99. The molecule has 6 nitrogen and oxygen atoms in total. The molecule has 0 radical (unpaired) electrons. The van der Waals surface area contributed by atoms with Gasteiger partial charge in [-0.3, -0.25) is 19.5 Å². The molecule has 3 aromatic rings. The zero-order valence-electron chi connectivity index (χ0n) is 11.1. The van der Waals surface area contributed by atoms with Gasteiger partial charge in [-0.25, -0.2) is 4.98 Å². The van der Waals surface area contributed by atoms with Crippen molar-refractivity contribution in [3.05, 3.63) is 67.6 Å². The second-order valence-electron chi connectivity index (χ2n) is 4.68. The van der Waals surface area contributed by atoms with Gasteiger partial charge in [0, 0.05) is 17.0 Å². The lowest BCUT2D eigenvalue weighted by Crippen LogP contribution is -2.20. The highest BCUT2D eigenvalue weighted by molar-refractivity contribution is 7.18. The Labute approximate surface area is 123 Å². The molecule has 0 N–H and O–H groups in total. The monoisotopic (exact) mass is 301 g/mol. The van der Waals surface area contributed by atoms with Crippen molar-refractivity contribution in [3.63, 3.8) is 0 Å². The van der Waals surface area contributed by atoms with Crippen molar-refractivity contribution in [2.45, 2.75) is 13.5 Å². The molecule has 2 heterocycles. The van der Waals surface area contributed by atoms with Crippen LogP contribution < -0.4 is 5.56 Å². The smallest absolute Gasteiger partial charge is 0.269 e. The quantitative estimate of drug-likeness (QED) is 0.550. The fraction of sp³-hybridized carbons (Fsp3) is 0.143. The molecule has 0 amide bonds. The van der Waals surface area contributed by atoms with Gasteiger partial charge in [0.1, 0.15) is 4.83 Å². The van der Waals surface area contributed by atoms with E-state index in [0.29, 0.717) is 11.9 Å². The summed E-state index contributed by atoms with van der Waals surface area (Å²) >= 11 is 1.49. The van der Waals surface area contributed by atoms with E-state index in [9.17, 15) is 14.9 Å². The average Bonchev–Trinajstić information content (AvgIpc) is 2.84. The Hall–Kier alpha value is -2.54.